The number of nitrogens with two attached hydrogens (primary N) is 1. The van der Waals surface area contributed by atoms with Gasteiger partial charge in [-0.2, -0.15) is 0 Å². The lowest BCUT2D eigenvalue weighted by Gasteiger charge is -2.06. The molecule has 0 saturated heterocycles. The second-order valence-electron chi connectivity index (χ2n) is 3.13. The average molecular weight is 327 g/mol. The van der Waals surface area contributed by atoms with Crippen molar-refractivity contribution < 1.29 is 4.74 Å². The minimum atomic E-state index is 0.533. The molecule has 4 nitrogen and oxygen atoms in total. The van der Waals surface area contributed by atoms with Crippen molar-refractivity contribution in [1.29, 1.82) is 0 Å². The third-order valence-corrected chi connectivity index (χ3v) is 2.75. The van der Waals surface area contributed by atoms with Gasteiger partial charge in [0.15, 0.2) is 0 Å². The Morgan fingerprint density at radius 3 is 2.62 bits per heavy atom. The van der Waals surface area contributed by atoms with Crippen molar-refractivity contribution >= 4 is 22.6 Å². The first-order valence-electron chi connectivity index (χ1n) is 4.72. The normalized spacial score (nSPS) is 10.1. The number of hydrogen-bond acceptors (Lipinski definition) is 4. The molecule has 0 aliphatic carbocycles. The molecule has 1 aromatic carbocycles. The summed E-state index contributed by atoms with van der Waals surface area (Å²) in [5.74, 6) is 1.31. The lowest BCUT2D eigenvalue weighted by molar-refractivity contribution is 0.457. The molecule has 1 heterocycles. The first-order valence-corrected chi connectivity index (χ1v) is 5.80. The van der Waals surface area contributed by atoms with Crippen LogP contribution in [0, 0.1) is 3.57 Å². The van der Waals surface area contributed by atoms with E-state index >= 15 is 0 Å². The van der Waals surface area contributed by atoms with Crippen LogP contribution in [0.5, 0.6) is 11.6 Å². The van der Waals surface area contributed by atoms with E-state index < -0.39 is 0 Å². The second-order valence-corrected chi connectivity index (χ2v) is 4.29. The molecule has 2 rings (SSSR count). The Morgan fingerprint density at radius 2 is 2.00 bits per heavy atom. The van der Waals surface area contributed by atoms with E-state index in [2.05, 4.69) is 32.6 Å². The number of hydrogen-bond donors (Lipinski definition) is 1. The zero-order valence-electron chi connectivity index (χ0n) is 8.43. The van der Waals surface area contributed by atoms with Crippen molar-refractivity contribution in [2.45, 2.75) is 6.54 Å². The topological polar surface area (TPSA) is 61.0 Å². The third-order valence-electron chi connectivity index (χ3n) is 2.01. The Bertz CT molecular complexity index is 473. The second kappa shape index (κ2) is 5.22. The van der Waals surface area contributed by atoms with E-state index in [1.54, 1.807) is 6.20 Å². The highest BCUT2D eigenvalue weighted by molar-refractivity contribution is 14.1. The van der Waals surface area contributed by atoms with Gasteiger partial charge in [-0.1, -0.05) is 12.1 Å². The number of ether oxygens (including phenoxy) is 1. The minimum absolute atomic E-state index is 0.533. The third kappa shape index (κ3) is 2.67. The van der Waals surface area contributed by atoms with Gasteiger partial charge in [0.25, 0.3) is 0 Å². The lowest BCUT2D eigenvalue weighted by Crippen LogP contribution is -1.96. The Morgan fingerprint density at radius 1 is 1.25 bits per heavy atom. The fraction of sp³-hybridized carbons (Fsp3) is 0.0909. The van der Waals surface area contributed by atoms with Crippen LogP contribution in [0.1, 0.15) is 5.56 Å². The molecule has 2 aromatic rings. The molecule has 0 aliphatic heterocycles. The van der Waals surface area contributed by atoms with Crippen molar-refractivity contribution in [3.05, 3.63) is 45.9 Å². The Labute approximate surface area is 107 Å². The molecule has 0 saturated carbocycles. The van der Waals surface area contributed by atoms with Gasteiger partial charge in [0.1, 0.15) is 12.1 Å². The van der Waals surface area contributed by atoms with Crippen LogP contribution in [0.2, 0.25) is 0 Å². The first-order chi connectivity index (χ1) is 7.79. The molecule has 2 N–H and O–H groups in total. The molecular weight excluding hydrogens is 317 g/mol. The van der Waals surface area contributed by atoms with Gasteiger partial charge < -0.3 is 10.5 Å². The van der Waals surface area contributed by atoms with E-state index in [1.165, 1.54) is 6.33 Å². The fourth-order valence-corrected chi connectivity index (χ4v) is 1.59. The summed E-state index contributed by atoms with van der Waals surface area (Å²) in [5.41, 5.74) is 6.59. The van der Waals surface area contributed by atoms with Crippen LogP contribution in [0.25, 0.3) is 0 Å². The van der Waals surface area contributed by atoms with Crippen molar-refractivity contribution in [3.8, 4) is 11.6 Å². The molecule has 82 valence electrons. The van der Waals surface area contributed by atoms with E-state index in [0.29, 0.717) is 12.4 Å². The lowest BCUT2D eigenvalue weighted by atomic mass is 10.2. The van der Waals surface area contributed by atoms with Crippen LogP contribution in [0.15, 0.2) is 36.8 Å². The van der Waals surface area contributed by atoms with E-state index in [0.717, 1.165) is 14.9 Å². The van der Waals surface area contributed by atoms with Gasteiger partial charge in [-0.3, -0.25) is 0 Å². The van der Waals surface area contributed by atoms with Crippen LogP contribution >= 0.6 is 22.6 Å². The summed E-state index contributed by atoms with van der Waals surface area (Å²) in [6.45, 7) is 0.533. The van der Waals surface area contributed by atoms with Crippen LogP contribution in [0.3, 0.4) is 0 Å². The first kappa shape index (κ1) is 11.3. The van der Waals surface area contributed by atoms with E-state index in [4.69, 9.17) is 10.5 Å². The van der Waals surface area contributed by atoms with Crippen molar-refractivity contribution in [1.82, 2.24) is 9.97 Å². The quantitative estimate of drug-likeness (QED) is 0.879. The molecule has 0 bridgehead atoms. The molecule has 0 aliphatic rings. The highest BCUT2D eigenvalue weighted by Crippen LogP contribution is 2.23. The van der Waals surface area contributed by atoms with E-state index in [-0.39, 0.29) is 0 Å². The molecule has 16 heavy (non-hydrogen) atoms. The number of nitrogens with zero attached hydrogens (tertiary/aromatic N) is 2. The summed E-state index contributed by atoms with van der Waals surface area (Å²) >= 11 is 2.13. The molecule has 0 radical (unpaired) electrons. The summed E-state index contributed by atoms with van der Waals surface area (Å²) in [6, 6.07) is 7.62. The van der Waals surface area contributed by atoms with Crippen LogP contribution < -0.4 is 10.5 Å². The number of rotatable bonds is 3. The molecule has 1 aromatic heterocycles. The van der Waals surface area contributed by atoms with E-state index in [1.807, 2.05) is 24.3 Å². The highest BCUT2D eigenvalue weighted by atomic mass is 127. The average Bonchev–Trinajstić information content (AvgIpc) is 2.33. The van der Waals surface area contributed by atoms with Gasteiger partial charge in [-0.25, -0.2) is 9.97 Å². The monoisotopic (exact) mass is 327 g/mol. The number of aromatic nitrogens is 2. The van der Waals surface area contributed by atoms with Crippen molar-refractivity contribution in [3.63, 3.8) is 0 Å². The Balaban J connectivity index is 2.18. The molecule has 0 fully saturated rings. The maximum Gasteiger partial charge on any atom is 0.235 e. The van der Waals surface area contributed by atoms with Crippen molar-refractivity contribution in [2.75, 3.05) is 0 Å². The minimum Gasteiger partial charge on any atom is -0.438 e. The zero-order chi connectivity index (χ0) is 11.4. The predicted octanol–water partition coefficient (Wildman–Crippen LogP) is 2.33. The summed E-state index contributed by atoms with van der Waals surface area (Å²) in [6.07, 6.45) is 3.17. The molecular formula is C11H10IN3O. The standard InChI is InChI=1S/C11H10IN3O/c12-10-6-14-7-15-11(10)16-9-3-1-8(5-13)2-4-9/h1-4,6-7H,5,13H2. The molecule has 0 spiro atoms. The fourth-order valence-electron chi connectivity index (χ4n) is 1.18. The zero-order valence-corrected chi connectivity index (χ0v) is 10.6. The van der Waals surface area contributed by atoms with Gasteiger partial charge >= 0.3 is 0 Å². The predicted molar refractivity (Wildman–Crippen MR) is 69.2 cm³/mol. The van der Waals surface area contributed by atoms with Gasteiger partial charge in [0.05, 0.1) is 3.57 Å². The Hall–Kier alpha value is -1.21. The number of benzene rings is 1. The van der Waals surface area contributed by atoms with Crippen LogP contribution in [-0.2, 0) is 6.54 Å². The van der Waals surface area contributed by atoms with Crippen LogP contribution in [0.4, 0.5) is 0 Å². The van der Waals surface area contributed by atoms with Gasteiger partial charge in [-0.05, 0) is 40.3 Å². The highest BCUT2D eigenvalue weighted by Gasteiger charge is 2.03. The maximum absolute atomic E-state index is 5.61. The van der Waals surface area contributed by atoms with Gasteiger partial charge in [-0.15, -0.1) is 0 Å². The van der Waals surface area contributed by atoms with Gasteiger partial charge in [0.2, 0.25) is 5.88 Å². The molecule has 0 unspecified atom stereocenters. The largest absolute Gasteiger partial charge is 0.438 e. The summed E-state index contributed by atoms with van der Waals surface area (Å²) < 4.78 is 6.49. The SMILES string of the molecule is NCc1ccc(Oc2ncncc2I)cc1. The Kier molecular flexibility index (Phi) is 3.68. The maximum atomic E-state index is 5.61. The van der Waals surface area contributed by atoms with E-state index in [9.17, 15) is 0 Å². The molecule has 0 amide bonds. The van der Waals surface area contributed by atoms with Gasteiger partial charge in [0, 0.05) is 12.7 Å². The number of halogens is 1. The molecule has 0 atom stereocenters. The summed E-state index contributed by atoms with van der Waals surface area (Å²) in [4.78, 5) is 7.95. The van der Waals surface area contributed by atoms with Crippen LogP contribution in [-0.4, -0.2) is 9.97 Å². The molecule has 5 heteroatoms. The summed E-state index contributed by atoms with van der Waals surface area (Å²) in [5, 5.41) is 0. The smallest absolute Gasteiger partial charge is 0.235 e. The summed E-state index contributed by atoms with van der Waals surface area (Å²) in [7, 11) is 0. The van der Waals surface area contributed by atoms with Crippen molar-refractivity contribution in [2.24, 2.45) is 5.73 Å².